The Morgan fingerprint density at radius 3 is 2.68 bits per heavy atom. The van der Waals surface area contributed by atoms with Gasteiger partial charge in [-0.25, -0.2) is 4.39 Å². The fourth-order valence-corrected chi connectivity index (χ4v) is 3.99. The zero-order valence-electron chi connectivity index (χ0n) is 16.5. The van der Waals surface area contributed by atoms with Crippen molar-refractivity contribution < 1.29 is 13.9 Å². The van der Waals surface area contributed by atoms with Crippen LogP contribution in [-0.4, -0.2) is 13.0 Å². The highest BCUT2D eigenvalue weighted by atomic mass is 127. The van der Waals surface area contributed by atoms with Gasteiger partial charge in [-0.3, -0.25) is 4.79 Å². The largest absolute Gasteiger partial charge is 0.496 e. The van der Waals surface area contributed by atoms with Gasteiger partial charge in [-0.1, -0.05) is 35.9 Å². The van der Waals surface area contributed by atoms with Gasteiger partial charge >= 0.3 is 0 Å². The highest BCUT2D eigenvalue weighted by molar-refractivity contribution is 14.1. The highest BCUT2D eigenvalue weighted by Crippen LogP contribution is 2.30. The lowest BCUT2D eigenvalue weighted by Crippen LogP contribution is -2.13. The molecule has 0 radical (unpaired) electrons. The molecule has 1 N–H and O–H groups in total. The van der Waals surface area contributed by atoms with E-state index < -0.39 is 5.91 Å². The van der Waals surface area contributed by atoms with Crippen LogP contribution in [-0.2, 0) is 11.2 Å². The summed E-state index contributed by atoms with van der Waals surface area (Å²) >= 11 is 8.24. The molecule has 0 spiro atoms. The maximum Gasteiger partial charge on any atom is 0.266 e. The maximum atomic E-state index is 13.5. The molecule has 0 aliphatic rings. The molecule has 0 saturated heterocycles. The van der Waals surface area contributed by atoms with Gasteiger partial charge in [0.1, 0.15) is 23.2 Å². The van der Waals surface area contributed by atoms with Crippen molar-refractivity contribution in [1.82, 2.24) is 0 Å². The van der Waals surface area contributed by atoms with Gasteiger partial charge < -0.3 is 10.1 Å². The quantitative estimate of drug-likeness (QED) is 0.227. The van der Waals surface area contributed by atoms with Crippen LogP contribution in [0.15, 0.2) is 66.2 Å². The minimum absolute atomic E-state index is 0.0735. The first-order valence-corrected chi connectivity index (χ1v) is 10.7. The summed E-state index contributed by atoms with van der Waals surface area (Å²) in [5, 5.41) is 12.5. The van der Waals surface area contributed by atoms with Crippen LogP contribution in [0.3, 0.4) is 0 Å². The average molecular weight is 547 g/mol. The molecule has 0 unspecified atom stereocenters. The van der Waals surface area contributed by atoms with Crippen LogP contribution in [0.2, 0.25) is 5.02 Å². The Morgan fingerprint density at radius 1 is 1.23 bits per heavy atom. The maximum absolute atomic E-state index is 13.5. The molecule has 156 valence electrons. The summed E-state index contributed by atoms with van der Waals surface area (Å²) in [5.74, 6) is -0.270. The molecule has 0 aliphatic carbocycles. The number of ether oxygens (including phenoxy) is 1. The molecule has 7 heteroatoms. The zero-order valence-corrected chi connectivity index (χ0v) is 19.4. The van der Waals surface area contributed by atoms with E-state index in [0.717, 1.165) is 14.7 Å². The van der Waals surface area contributed by atoms with E-state index in [0.29, 0.717) is 28.4 Å². The van der Waals surface area contributed by atoms with Crippen molar-refractivity contribution in [3.8, 4) is 11.8 Å². The van der Waals surface area contributed by atoms with Crippen molar-refractivity contribution in [3.63, 3.8) is 0 Å². The van der Waals surface area contributed by atoms with E-state index in [1.54, 1.807) is 43.5 Å². The lowest BCUT2D eigenvalue weighted by atomic mass is 10.0. The standard InChI is InChI=1S/C24H17ClFIN2O2/c1-31-23-13-16(12-21(27)19(23)11-15-5-4-6-18(26)10-15)9-17(14-28)24(30)29-22-8-3-2-7-20(22)25/h2-10,12-13H,11H2,1H3,(H,29,30)/b17-9+. The Labute approximate surface area is 198 Å². The summed E-state index contributed by atoms with van der Waals surface area (Å²) in [4.78, 5) is 12.6. The Bertz CT molecular complexity index is 1200. The van der Waals surface area contributed by atoms with Crippen LogP contribution >= 0.6 is 34.2 Å². The summed E-state index contributed by atoms with van der Waals surface area (Å²) in [5.41, 5.74) is 2.69. The molecule has 3 aromatic carbocycles. The van der Waals surface area contributed by atoms with E-state index in [2.05, 4.69) is 27.9 Å². The topological polar surface area (TPSA) is 62.1 Å². The molecule has 3 rings (SSSR count). The van der Waals surface area contributed by atoms with Crippen molar-refractivity contribution in [1.29, 1.82) is 5.26 Å². The van der Waals surface area contributed by atoms with E-state index in [1.165, 1.54) is 18.2 Å². The number of amides is 1. The number of hydrogen-bond donors (Lipinski definition) is 1. The van der Waals surface area contributed by atoms with E-state index in [1.807, 2.05) is 18.2 Å². The number of methoxy groups -OCH3 is 1. The number of nitrogens with one attached hydrogen (secondary N) is 1. The monoisotopic (exact) mass is 546 g/mol. The highest BCUT2D eigenvalue weighted by Gasteiger charge is 2.14. The van der Waals surface area contributed by atoms with E-state index in [9.17, 15) is 14.4 Å². The second-order valence-electron chi connectivity index (χ2n) is 6.59. The molecule has 4 nitrogen and oxygen atoms in total. The number of carbonyl (C=O) groups excluding carboxylic acids is 1. The predicted octanol–water partition coefficient (Wildman–Crippen LogP) is 6.23. The van der Waals surface area contributed by atoms with Gasteiger partial charge in [-0.05, 0) is 76.2 Å². The van der Waals surface area contributed by atoms with Crippen molar-refractivity contribution >= 4 is 51.9 Å². The van der Waals surface area contributed by atoms with Gasteiger partial charge in [0.2, 0.25) is 0 Å². The average Bonchev–Trinajstić information content (AvgIpc) is 2.75. The van der Waals surface area contributed by atoms with E-state index >= 15 is 0 Å². The van der Waals surface area contributed by atoms with Crippen molar-refractivity contribution in [3.05, 3.63) is 97.3 Å². The van der Waals surface area contributed by atoms with Gasteiger partial charge in [0.05, 0.1) is 17.8 Å². The fraction of sp³-hybridized carbons (Fsp3) is 0.0833. The van der Waals surface area contributed by atoms with Crippen LogP contribution in [0.1, 0.15) is 16.7 Å². The molecular weight excluding hydrogens is 530 g/mol. The first kappa shape index (κ1) is 22.8. The van der Waals surface area contributed by atoms with Crippen LogP contribution in [0.5, 0.6) is 5.75 Å². The first-order chi connectivity index (χ1) is 14.9. The van der Waals surface area contributed by atoms with Crippen molar-refractivity contribution in [2.75, 3.05) is 12.4 Å². The third-order valence-electron chi connectivity index (χ3n) is 4.46. The molecule has 0 atom stereocenters. The van der Waals surface area contributed by atoms with Gasteiger partial charge in [-0.15, -0.1) is 0 Å². The summed E-state index contributed by atoms with van der Waals surface area (Å²) in [7, 11) is 1.54. The van der Waals surface area contributed by atoms with Crippen LogP contribution in [0.4, 0.5) is 10.1 Å². The lowest BCUT2D eigenvalue weighted by molar-refractivity contribution is -0.112. The number of nitriles is 1. The summed E-state index contributed by atoms with van der Waals surface area (Å²) < 4.78 is 19.9. The molecule has 0 saturated carbocycles. The number of benzene rings is 3. The molecule has 0 fully saturated rings. The number of hydrogen-bond acceptors (Lipinski definition) is 3. The summed E-state index contributed by atoms with van der Waals surface area (Å²) in [6.07, 6.45) is 1.98. The smallest absolute Gasteiger partial charge is 0.266 e. The van der Waals surface area contributed by atoms with E-state index in [-0.39, 0.29) is 11.4 Å². The molecular formula is C24H17ClFIN2O2. The minimum atomic E-state index is -0.562. The molecule has 1 amide bonds. The Kier molecular flexibility index (Phi) is 7.66. The first-order valence-electron chi connectivity index (χ1n) is 9.19. The number of nitrogens with zero attached hydrogens (tertiary/aromatic N) is 1. The predicted molar refractivity (Wildman–Crippen MR) is 129 cm³/mol. The Balaban J connectivity index is 1.90. The number of rotatable bonds is 6. The van der Waals surface area contributed by atoms with Crippen LogP contribution in [0.25, 0.3) is 6.08 Å². The minimum Gasteiger partial charge on any atom is -0.496 e. The zero-order chi connectivity index (χ0) is 22.4. The SMILES string of the molecule is COc1cc(/C=C(\C#N)C(=O)Nc2ccccc2Cl)cc(I)c1Cc1cccc(F)c1. The second-order valence-corrected chi connectivity index (χ2v) is 8.16. The molecule has 0 bridgehead atoms. The van der Waals surface area contributed by atoms with Crippen molar-refractivity contribution in [2.24, 2.45) is 0 Å². The molecule has 0 aromatic heterocycles. The summed E-state index contributed by atoms with van der Waals surface area (Å²) in [6, 6.07) is 18.7. The van der Waals surface area contributed by atoms with Gasteiger partial charge in [0.25, 0.3) is 5.91 Å². The third-order valence-corrected chi connectivity index (χ3v) is 5.76. The van der Waals surface area contributed by atoms with Gasteiger partial charge in [0.15, 0.2) is 0 Å². The Morgan fingerprint density at radius 2 is 2.00 bits per heavy atom. The molecule has 3 aromatic rings. The number of carbonyl (C=O) groups is 1. The second kappa shape index (κ2) is 10.4. The van der Waals surface area contributed by atoms with Gasteiger partial charge in [0, 0.05) is 15.6 Å². The molecule has 0 heterocycles. The van der Waals surface area contributed by atoms with Crippen molar-refractivity contribution in [2.45, 2.75) is 6.42 Å². The molecule has 0 aliphatic heterocycles. The van der Waals surface area contributed by atoms with Gasteiger partial charge in [-0.2, -0.15) is 5.26 Å². The number of para-hydroxylation sites is 1. The normalized spacial score (nSPS) is 11.0. The molecule has 31 heavy (non-hydrogen) atoms. The lowest BCUT2D eigenvalue weighted by Gasteiger charge is -2.13. The van der Waals surface area contributed by atoms with Crippen LogP contribution < -0.4 is 10.1 Å². The fourth-order valence-electron chi connectivity index (χ4n) is 2.99. The van der Waals surface area contributed by atoms with E-state index in [4.69, 9.17) is 16.3 Å². The Hall–Kier alpha value is -2.89. The number of anilines is 1. The van der Waals surface area contributed by atoms with Crippen LogP contribution in [0, 0.1) is 20.7 Å². The number of halogens is 3. The third kappa shape index (κ3) is 5.84. The summed E-state index contributed by atoms with van der Waals surface area (Å²) in [6.45, 7) is 0.